The van der Waals surface area contributed by atoms with E-state index in [9.17, 15) is 5.26 Å². The minimum atomic E-state index is -0.145. The predicted molar refractivity (Wildman–Crippen MR) is 84.0 cm³/mol. The maximum absolute atomic E-state index is 9.32. The molecule has 0 aromatic heterocycles. The molecule has 2 rings (SSSR count). The maximum atomic E-state index is 9.32. The van der Waals surface area contributed by atoms with Gasteiger partial charge < -0.3 is 9.64 Å². The third-order valence-corrected chi connectivity index (χ3v) is 5.90. The van der Waals surface area contributed by atoms with Crippen molar-refractivity contribution in [2.45, 2.75) is 43.6 Å². The fraction of sp³-hybridized carbons (Fsp3) is 0.933. The van der Waals surface area contributed by atoms with Crippen molar-refractivity contribution in [3.8, 4) is 6.07 Å². The lowest BCUT2D eigenvalue weighted by Gasteiger charge is -2.40. The number of morpholine rings is 1. The van der Waals surface area contributed by atoms with E-state index in [2.05, 4.69) is 36.0 Å². The van der Waals surface area contributed by atoms with Crippen LogP contribution in [0.4, 0.5) is 0 Å². The minimum absolute atomic E-state index is 0.145. The van der Waals surface area contributed by atoms with Crippen LogP contribution in [0.25, 0.3) is 0 Å². The van der Waals surface area contributed by atoms with E-state index >= 15 is 0 Å². The Morgan fingerprint density at radius 3 is 2.60 bits per heavy atom. The molecule has 0 radical (unpaired) electrons. The zero-order valence-corrected chi connectivity index (χ0v) is 13.8. The first-order chi connectivity index (χ1) is 9.58. The Morgan fingerprint density at radius 1 is 1.35 bits per heavy atom. The molecule has 2 fully saturated rings. The van der Waals surface area contributed by atoms with E-state index in [1.807, 2.05) is 0 Å². The summed E-state index contributed by atoms with van der Waals surface area (Å²) in [5.74, 6) is 0. The van der Waals surface area contributed by atoms with Crippen molar-refractivity contribution in [1.82, 2.24) is 9.80 Å². The number of nitrogens with zero attached hydrogens (tertiary/aromatic N) is 3. The molecule has 0 saturated carbocycles. The number of rotatable bonds is 4. The van der Waals surface area contributed by atoms with E-state index in [1.165, 1.54) is 0 Å². The fourth-order valence-electron chi connectivity index (χ4n) is 3.07. The number of hydrogen-bond donors (Lipinski definition) is 0. The van der Waals surface area contributed by atoms with Gasteiger partial charge in [-0.25, -0.2) is 0 Å². The quantitative estimate of drug-likeness (QED) is 0.791. The summed E-state index contributed by atoms with van der Waals surface area (Å²) in [5.41, 5.74) is 0. The van der Waals surface area contributed by atoms with Gasteiger partial charge in [0.15, 0.2) is 0 Å². The van der Waals surface area contributed by atoms with Gasteiger partial charge in [-0.15, -0.1) is 11.8 Å². The van der Waals surface area contributed by atoms with Crippen LogP contribution in [0.15, 0.2) is 0 Å². The van der Waals surface area contributed by atoms with Crippen LogP contribution >= 0.6 is 11.8 Å². The van der Waals surface area contributed by atoms with Crippen molar-refractivity contribution in [3.05, 3.63) is 0 Å². The highest BCUT2D eigenvalue weighted by Crippen LogP contribution is 2.33. The van der Waals surface area contributed by atoms with Gasteiger partial charge in [-0.3, -0.25) is 4.90 Å². The Hall–Kier alpha value is -0.280. The highest BCUT2D eigenvalue weighted by atomic mass is 32.2. The van der Waals surface area contributed by atoms with Crippen LogP contribution < -0.4 is 0 Å². The average molecular weight is 297 g/mol. The van der Waals surface area contributed by atoms with Crippen LogP contribution in [0, 0.1) is 11.3 Å². The van der Waals surface area contributed by atoms with E-state index in [-0.39, 0.29) is 4.75 Å². The summed E-state index contributed by atoms with van der Waals surface area (Å²) in [6.45, 7) is 10.5. The summed E-state index contributed by atoms with van der Waals surface area (Å²) < 4.78 is 5.77. The monoisotopic (exact) mass is 297 g/mol. The predicted octanol–water partition coefficient (Wildman–Crippen LogP) is 1.82. The van der Waals surface area contributed by atoms with E-state index in [0.29, 0.717) is 12.1 Å². The van der Waals surface area contributed by atoms with E-state index in [0.717, 1.165) is 52.2 Å². The van der Waals surface area contributed by atoms with Gasteiger partial charge in [0.05, 0.1) is 18.8 Å². The second kappa shape index (κ2) is 7.13. The Labute approximate surface area is 127 Å². The first-order valence-electron chi connectivity index (χ1n) is 7.63. The number of hydrogen-bond acceptors (Lipinski definition) is 5. The zero-order chi connectivity index (χ0) is 14.6. The first kappa shape index (κ1) is 16.1. The minimum Gasteiger partial charge on any atom is -0.374 e. The maximum Gasteiger partial charge on any atom is 0.104 e. The van der Waals surface area contributed by atoms with E-state index in [1.54, 1.807) is 11.8 Å². The fourth-order valence-corrected chi connectivity index (χ4v) is 3.75. The summed E-state index contributed by atoms with van der Waals surface area (Å²) in [6.07, 6.45) is 4.34. The van der Waals surface area contributed by atoms with Crippen molar-refractivity contribution in [2.75, 3.05) is 45.6 Å². The Bertz CT molecular complexity index is 348. The molecule has 4 nitrogen and oxygen atoms in total. The van der Waals surface area contributed by atoms with E-state index < -0.39 is 0 Å². The largest absolute Gasteiger partial charge is 0.374 e. The highest BCUT2D eigenvalue weighted by Gasteiger charge is 2.35. The van der Waals surface area contributed by atoms with Crippen molar-refractivity contribution >= 4 is 11.8 Å². The summed E-state index contributed by atoms with van der Waals surface area (Å²) >= 11 is 1.72. The molecule has 1 atom stereocenters. The molecule has 114 valence electrons. The molecule has 0 aromatic carbocycles. The number of nitriles is 1. The molecule has 0 spiro atoms. The summed E-state index contributed by atoms with van der Waals surface area (Å²) in [7, 11) is 0. The van der Waals surface area contributed by atoms with Gasteiger partial charge >= 0.3 is 0 Å². The summed E-state index contributed by atoms with van der Waals surface area (Å²) in [6, 6.07) is 3.11. The van der Waals surface area contributed by atoms with E-state index in [4.69, 9.17) is 4.74 Å². The molecule has 2 aliphatic rings. The normalized spacial score (nSPS) is 28.4. The molecule has 0 N–H and O–H groups in total. The van der Waals surface area contributed by atoms with Crippen molar-refractivity contribution in [3.63, 3.8) is 0 Å². The highest BCUT2D eigenvalue weighted by molar-refractivity contribution is 8.00. The molecule has 0 aliphatic carbocycles. The zero-order valence-electron chi connectivity index (χ0n) is 13.0. The Balaban J connectivity index is 1.79. The van der Waals surface area contributed by atoms with Crippen molar-refractivity contribution < 1.29 is 4.74 Å². The second-order valence-corrected chi connectivity index (χ2v) is 7.38. The second-order valence-electron chi connectivity index (χ2n) is 6.19. The third-order valence-electron chi connectivity index (χ3n) is 4.62. The molecule has 5 heteroatoms. The SMILES string of the molecule is CSC1(C#N)CCN(CC2CN(C(C)C)CCO2)CC1. The van der Waals surface area contributed by atoms with Crippen LogP contribution in [0.2, 0.25) is 0 Å². The van der Waals surface area contributed by atoms with Crippen LogP contribution in [0.1, 0.15) is 26.7 Å². The van der Waals surface area contributed by atoms with Crippen LogP contribution in [-0.4, -0.2) is 72.3 Å². The van der Waals surface area contributed by atoms with Gasteiger partial charge in [-0.1, -0.05) is 0 Å². The molecule has 0 aromatic rings. The van der Waals surface area contributed by atoms with Gasteiger partial charge in [0, 0.05) is 38.8 Å². The van der Waals surface area contributed by atoms with Crippen molar-refractivity contribution in [1.29, 1.82) is 5.26 Å². The Kier molecular flexibility index (Phi) is 5.74. The van der Waals surface area contributed by atoms with Gasteiger partial charge in [0.1, 0.15) is 4.75 Å². The first-order valence-corrected chi connectivity index (χ1v) is 8.85. The molecule has 2 aliphatic heterocycles. The molecule has 0 bridgehead atoms. The molecule has 0 amide bonds. The number of thioether (sulfide) groups is 1. The van der Waals surface area contributed by atoms with Crippen LogP contribution in [0.3, 0.4) is 0 Å². The van der Waals surface area contributed by atoms with Gasteiger partial charge in [-0.05, 0) is 32.9 Å². The molecular weight excluding hydrogens is 270 g/mol. The lowest BCUT2D eigenvalue weighted by molar-refractivity contribution is -0.0541. The van der Waals surface area contributed by atoms with Crippen molar-refractivity contribution in [2.24, 2.45) is 0 Å². The molecule has 1 unspecified atom stereocenters. The average Bonchev–Trinajstić information content (AvgIpc) is 2.49. The number of piperidine rings is 1. The molecule has 2 heterocycles. The standard InChI is InChI=1S/C15H27N3OS/c1-13(2)18-8-9-19-14(11-18)10-17-6-4-15(12-16,20-3)5-7-17/h13-14H,4-11H2,1-3H3. The molecule has 2 saturated heterocycles. The summed E-state index contributed by atoms with van der Waals surface area (Å²) in [4.78, 5) is 4.97. The third kappa shape index (κ3) is 3.88. The van der Waals surface area contributed by atoms with Crippen LogP contribution in [-0.2, 0) is 4.74 Å². The number of ether oxygens (including phenoxy) is 1. The van der Waals surface area contributed by atoms with Crippen LogP contribution in [0.5, 0.6) is 0 Å². The molecular formula is C15H27N3OS. The summed E-state index contributed by atoms with van der Waals surface area (Å²) in [5, 5.41) is 9.32. The smallest absolute Gasteiger partial charge is 0.104 e. The lowest BCUT2D eigenvalue weighted by Crippen LogP contribution is -2.51. The lowest BCUT2D eigenvalue weighted by atomic mass is 9.97. The number of likely N-dealkylation sites (tertiary alicyclic amines) is 1. The topological polar surface area (TPSA) is 39.5 Å². The van der Waals surface area contributed by atoms with Gasteiger partial charge in [-0.2, -0.15) is 5.26 Å². The Morgan fingerprint density at radius 2 is 2.05 bits per heavy atom. The van der Waals surface area contributed by atoms with Gasteiger partial charge in [0.25, 0.3) is 0 Å². The molecule has 20 heavy (non-hydrogen) atoms. The van der Waals surface area contributed by atoms with Gasteiger partial charge in [0.2, 0.25) is 0 Å².